The number of hydrogen-bond acceptors (Lipinski definition) is 5. The molecule has 3 aromatic rings. The minimum Gasteiger partial charge on any atom is -0.383 e. The molecule has 34 heavy (non-hydrogen) atoms. The number of rotatable bonds is 3. The highest BCUT2D eigenvalue weighted by molar-refractivity contribution is 5.97. The van der Waals surface area contributed by atoms with Crippen molar-refractivity contribution in [2.24, 2.45) is 0 Å². The Hall–Kier alpha value is -3.45. The number of hydrogen-bond donors (Lipinski definition) is 2. The van der Waals surface area contributed by atoms with Crippen LogP contribution in [-0.4, -0.2) is 54.6 Å². The molecule has 6 nitrogen and oxygen atoms in total. The summed E-state index contributed by atoms with van der Waals surface area (Å²) in [6.45, 7) is 6.99. The molecule has 1 saturated heterocycles. The number of fused-ring (bicyclic) bond motifs is 1. The first kappa shape index (κ1) is 22.3. The summed E-state index contributed by atoms with van der Waals surface area (Å²) in [6.07, 6.45) is 0.751. The number of halogens is 1. The zero-order chi connectivity index (χ0) is 24.0. The molecule has 7 heteroatoms. The molecular formula is C27H30FN5O. The average Bonchev–Trinajstić information content (AvgIpc) is 2.82. The molecule has 3 heterocycles. The third-order valence-electron chi connectivity index (χ3n) is 7.25. The van der Waals surface area contributed by atoms with Crippen LogP contribution in [0, 0.1) is 5.95 Å². The van der Waals surface area contributed by atoms with Gasteiger partial charge in [-0.2, -0.15) is 4.39 Å². The van der Waals surface area contributed by atoms with Gasteiger partial charge in [0, 0.05) is 54.1 Å². The summed E-state index contributed by atoms with van der Waals surface area (Å²) < 4.78 is 14.9. The minimum atomic E-state index is -0.590. The van der Waals surface area contributed by atoms with Crippen molar-refractivity contribution in [2.75, 3.05) is 37.3 Å². The molecule has 0 radical (unpaired) electrons. The van der Waals surface area contributed by atoms with Crippen LogP contribution in [0.1, 0.15) is 29.8 Å². The second kappa shape index (κ2) is 8.72. The summed E-state index contributed by atoms with van der Waals surface area (Å²) in [4.78, 5) is 20.9. The SMILES string of the molecule is C[C@H]1CN(c2ccc(-c3cc(-c4ccc5c(c4)CCNC5=O)c(N)nc3F)cc2)C[C@H](C)N1C. The molecule has 1 amide bonds. The maximum absolute atomic E-state index is 14.9. The van der Waals surface area contributed by atoms with Crippen molar-refractivity contribution in [2.45, 2.75) is 32.4 Å². The standard InChI is InChI=1S/C27H30FN5O/c1-16-14-33(15-17(2)32(16)3)21-7-4-18(5-8-21)23-13-24(26(29)31-25(23)28)19-6-9-22-20(12-19)10-11-30-27(22)34/h4-9,12-13,16-17H,10-11,14-15H2,1-3H3,(H2,29,31)(H,30,34)/t16-,17-/m0/s1. The van der Waals surface area contributed by atoms with Gasteiger partial charge < -0.3 is 16.0 Å². The van der Waals surface area contributed by atoms with Gasteiger partial charge in [0.05, 0.1) is 0 Å². The van der Waals surface area contributed by atoms with Crippen molar-refractivity contribution >= 4 is 17.4 Å². The number of benzene rings is 2. The molecular weight excluding hydrogens is 429 g/mol. The molecule has 2 aromatic carbocycles. The second-order valence-electron chi connectivity index (χ2n) is 9.45. The molecule has 0 aliphatic carbocycles. The Morgan fingerprint density at radius 1 is 0.971 bits per heavy atom. The van der Waals surface area contributed by atoms with Crippen LogP contribution in [0.2, 0.25) is 0 Å². The van der Waals surface area contributed by atoms with Crippen LogP contribution in [0.5, 0.6) is 0 Å². The molecule has 5 rings (SSSR count). The summed E-state index contributed by atoms with van der Waals surface area (Å²) in [5, 5.41) is 2.85. The van der Waals surface area contributed by atoms with Crippen molar-refractivity contribution in [3.05, 3.63) is 65.6 Å². The number of piperazine rings is 1. The largest absolute Gasteiger partial charge is 0.383 e. The monoisotopic (exact) mass is 459 g/mol. The smallest absolute Gasteiger partial charge is 0.251 e. The lowest BCUT2D eigenvalue weighted by Crippen LogP contribution is -2.55. The number of nitrogen functional groups attached to an aromatic ring is 1. The van der Waals surface area contributed by atoms with Gasteiger partial charge in [0.15, 0.2) is 0 Å². The number of carbonyl (C=O) groups is 1. The Bertz CT molecular complexity index is 1230. The van der Waals surface area contributed by atoms with E-state index in [0.717, 1.165) is 41.9 Å². The van der Waals surface area contributed by atoms with Gasteiger partial charge in [-0.05, 0) is 68.3 Å². The minimum absolute atomic E-state index is 0.0667. The maximum Gasteiger partial charge on any atom is 0.251 e. The number of pyridine rings is 1. The van der Waals surface area contributed by atoms with Gasteiger partial charge in [-0.3, -0.25) is 9.69 Å². The number of nitrogens with one attached hydrogen (secondary N) is 1. The normalized spacial score (nSPS) is 20.7. The predicted molar refractivity (Wildman–Crippen MR) is 134 cm³/mol. The van der Waals surface area contributed by atoms with Crippen molar-refractivity contribution in [1.82, 2.24) is 15.2 Å². The average molecular weight is 460 g/mol. The van der Waals surface area contributed by atoms with Crippen LogP contribution in [-0.2, 0) is 6.42 Å². The molecule has 2 atom stereocenters. The van der Waals surface area contributed by atoms with E-state index < -0.39 is 5.95 Å². The molecule has 2 aliphatic rings. The van der Waals surface area contributed by atoms with Gasteiger partial charge in [0.25, 0.3) is 5.91 Å². The highest BCUT2D eigenvalue weighted by Gasteiger charge is 2.26. The van der Waals surface area contributed by atoms with Crippen molar-refractivity contribution in [3.8, 4) is 22.3 Å². The first-order valence-corrected chi connectivity index (χ1v) is 11.8. The van der Waals surface area contributed by atoms with Crippen LogP contribution < -0.4 is 16.0 Å². The molecule has 1 fully saturated rings. The van der Waals surface area contributed by atoms with Gasteiger partial charge in [-0.25, -0.2) is 4.98 Å². The van der Waals surface area contributed by atoms with Crippen LogP contribution in [0.25, 0.3) is 22.3 Å². The van der Waals surface area contributed by atoms with E-state index >= 15 is 0 Å². The van der Waals surface area contributed by atoms with Crippen molar-refractivity contribution in [1.29, 1.82) is 0 Å². The molecule has 0 spiro atoms. The fraction of sp³-hybridized carbons (Fsp3) is 0.333. The quantitative estimate of drug-likeness (QED) is 0.580. The zero-order valence-corrected chi connectivity index (χ0v) is 19.8. The highest BCUT2D eigenvalue weighted by Crippen LogP contribution is 2.34. The summed E-state index contributed by atoms with van der Waals surface area (Å²) >= 11 is 0. The van der Waals surface area contributed by atoms with Gasteiger partial charge in [0.1, 0.15) is 5.82 Å². The third-order valence-corrected chi connectivity index (χ3v) is 7.25. The van der Waals surface area contributed by atoms with E-state index in [1.807, 2.05) is 36.4 Å². The Labute approximate surface area is 199 Å². The Kier molecular flexibility index (Phi) is 5.73. The number of likely N-dealkylation sites (N-methyl/N-ethyl adjacent to an activating group) is 1. The molecule has 1 aromatic heterocycles. The van der Waals surface area contributed by atoms with E-state index in [9.17, 15) is 9.18 Å². The van der Waals surface area contributed by atoms with Crippen LogP contribution in [0.3, 0.4) is 0 Å². The van der Waals surface area contributed by atoms with E-state index in [4.69, 9.17) is 5.73 Å². The number of anilines is 2. The van der Waals surface area contributed by atoms with E-state index in [2.05, 4.69) is 41.0 Å². The number of nitrogens with two attached hydrogens (primary N) is 1. The molecule has 3 N–H and O–H groups in total. The Balaban J connectivity index is 1.46. The van der Waals surface area contributed by atoms with Gasteiger partial charge >= 0.3 is 0 Å². The van der Waals surface area contributed by atoms with Gasteiger partial charge in [-0.15, -0.1) is 0 Å². The lowest BCUT2D eigenvalue weighted by atomic mass is 9.94. The van der Waals surface area contributed by atoms with Gasteiger partial charge in [0.2, 0.25) is 5.95 Å². The summed E-state index contributed by atoms with van der Waals surface area (Å²) in [7, 11) is 2.17. The molecule has 0 saturated carbocycles. The fourth-order valence-electron chi connectivity index (χ4n) is 5.00. The lowest BCUT2D eigenvalue weighted by Gasteiger charge is -2.43. The molecule has 2 aliphatic heterocycles. The Morgan fingerprint density at radius 2 is 1.65 bits per heavy atom. The first-order valence-electron chi connectivity index (χ1n) is 11.8. The van der Waals surface area contributed by atoms with Crippen LogP contribution in [0.15, 0.2) is 48.5 Å². The highest BCUT2D eigenvalue weighted by atomic mass is 19.1. The van der Waals surface area contributed by atoms with Gasteiger partial charge in [-0.1, -0.05) is 24.3 Å². The van der Waals surface area contributed by atoms with E-state index in [1.54, 1.807) is 12.1 Å². The third kappa shape index (κ3) is 4.01. The van der Waals surface area contributed by atoms with Crippen LogP contribution >= 0.6 is 0 Å². The number of amides is 1. The maximum atomic E-state index is 14.9. The fourth-order valence-corrected chi connectivity index (χ4v) is 5.00. The summed E-state index contributed by atoms with van der Waals surface area (Å²) in [5.74, 6) is -0.519. The number of nitrogens with zero attached hydrogens (tertiary/aromatic N) is 3. The van der Waals surface area contributed by atoms with Crippen molar-refractivity contribution in [3.63, 3.8) is 0 Å². The van der Waals surface area contributed by atoms with E-state index in [0.29, 0.717) is 35.3 Å². The van der Waals surface area contributed by atoms with Crippen molar-refractivity contribution < 1.29 is 9.18 Å². The van der Waals surface area contributed by atoms with E-state index in [-0.39, 0.29) is 11.7 Å². The molecule has 0 unspecified atom stereocenters. The lowest BCUT2D eigenvalue weighted by molar-refractivity contribution is 0.0946. The number of carbonyl (C=O) groups excluding carboxylic acids is 1. The summed E-state index contributed by atoms with van der Waals surface area (Å²) in [5.41, 5.74) is 11.5. The summed E-state index contributed by atoms with van der Waals surface area (Å²) in [6, 6.07) is 16.3. The number of aromatic nitrogens is 1. The predicted octanol–water partition coefficient (Wildman–Crippen LogP) is 3.95. The second-order valence-corrected chi connectivity index (χ2v) is 9.45. The molecule has 176 valence electrons. The van der Waals surface area contributed by atoms with E-state index in [1.165, 1.54) is 0 Å². The topological polar surface area (TPSA) is 74.5 Å². The van der Waals surface area contributed by atoms with Crippen LogP contribution in [0.4, 0.5) is 15.9 Å². The zero-order valence-electron chi connectivity index (χ0n) is 19.8. The first-order chi connectivity index (χ1) is 16.3. The Morgan fingerprint density at radius 3 is 2.35 bits per heavy atom. The molecule has 0 bridgehead atoms.